The Bertz CT molecular complexity index is 334. The Morgan fingerprint density at radius 1 is 1.57 bits per heavy atom. The summed E-state index contributed by atoms with van der Waals surface area (Å²) in [5.41, 5.74) is 0.573. The summed E-state index contributed by atoms with van der Waals surface area (Å²) in [7, 11) is 0. The van der Waals surface area contributed by atoms with Crippen LogP contribution in [0, 0.1) is 11.3 Å². The molecular formula is C9H10ClNO2S. The zero-order chi connectivity index (χ0) is 10.6. The normalized spacial score (nSPS) is 14.7. The van der Waals surface area contributed by atoms with Crippen LogP contribution in [0.2, 0.25) is 0 Å². The summed E-state index contributed by atoms with van der Waals surface area (Å²) < 4.78 is 0. The zero-order valence-corrected chi connectivity index (χ0v) is 8.92. The average molecular weight is 232 g/mol. The van der Waals surface area contributed by atoms with Crippen LogP contribution in [0.4, 0.5) is 0 Å². The molecule has 2 N–H and O–H groups in total. The summed E-state index contributed by atoms with van der Waals surface area (Å²) in [5.74, 6) is 0.299. The molecule has 2 unspecified atom stereocenters. The van der Waals surface area contributed by atoms with Gasteiger partial charge in [-0.2, -0.15) is 5.26 Å². The number of rotatable bonds is 4. The lowest BCUT2D eigenvalue weighted by Crippen LogP contribution is -2.18. The van der Waals surface area contributed by atoms with E-state index in [9.17, 15) is 10.2 Å². The third kappa shape index (κ3) is 2.69. The number of aliphatic hydroxyl groups excluding tert-OH is 2. The molecule has 14 heavy (non-hydrogen) atoms. The second-order valence-electron chi connectivity index (χ2n) is 2.85. The molecule has 0 amide bonds. The van der Waals surface area contributed by atoms with Crippen LogP contribution in [0.5, 0.6) is 0 Å². The first-order chi connectivity index (χ1) is 6.69. The number of nitriles is 1. The lowest BCUT2D eigenvalue weighted by atomic mass is 10.1. The number of hydrogen-bond donors (Lipinski definition) is 2. The molecule has 1 aromatic rings. The first-order valence-electron chi connectivity index (χ1n) is 4.09. The number of aliphatic hydroxyl groups is 2. The standard InChI is InChI=1S/C9H10ClNO2S/c10-2-1-8(12)9(13)6-3-7(4-11)14-5-6/h3,5,8-9,12-13H,1-2H2. The number of alkyl halides is 1. The SMILES string of the molecule is N#Cc1cc(C(O)C(O)CCCl)cs1. The fourth-order valence-electron chi connectivity index (χ4n) is 1.06. The van der Waals surface area contributed by atoms with E-state index in [1.165, 1.54) is 11.3 Å². The van der Waals surface area contributed by atoms with Crippen molar-refractivity contribution < 1.29 is 10.2 Å². The van der Waals surface area contributed by atoms with Gasteiger partial charge in [0.1, 0.15) is 17.1 Å². The maximum atomic E-state index is 9.62. The van der Waals surface area contributed by atoms with Crippen LogP contribution in [0.25, 0.3) is 0 Å². The first-order valence-corrected chi connectivity index (χ1v) is 5.51. The highest BCUT2D eigenvalue weighted by Crippen LogP contribution is 2.24. The molecule has 0 aliphatic rings. The van der Waals surface area contributed by atoms with Gasteiger partial charge in [0, 0.05) is 5.88 Å². The molecule has 0 aliphatic carbocycles. The van der Waals surface area contributed by atoms with E-state index in [1.807, 2.05) is 6.07 Å². The predicted octanol–water partition coefficient (Wildman–Crippen LogP) is 1.64. The molecule has 0 spiro atoms. The van der Waals surface area contributed by atoms with Gasteiger partial charge in [0.25, 0.3) is 0 Å². The van der Waals surface area contributed by atoms with Crippen molar-refractivity contribution in [1.29, 1.82) is 5.26 Å². The summed E-state index contributed by atoms with van der Waals surface area (Å²) in [6.45, 7) is 0. The Labute approximate surface area is 91.2 Å². The van der Waals surface area contributed by atoms with Gasteiger partial charge in [0.15, 0.2) is 0 Å². The van der Waals surface area contributed by atoms with Crippen LogP contribution in [0.3, 0.4) is 0 Å². The van der Waals surface area contributed by atoms with Crippen molar-refractivity contribution in [2.45, 2.75) is 18.6 Å². The van der Waals surface area contributed by atoms with Gasteiger partial charge in [-0.3, -0.25) is 0 Å². The predicted molar refractivity (Wildman–Crippen MR) is 55.3 cm³/mol. The molecule has 0 saturated carbocycles. The molecule has 5 heteroatoms. The van der Waals surface area contributed by atoms with E-state index < -0.39 is 12.2 Å². The number of thiophene rings is 1. The molecule has 76 valence electrons. The number of halogens is 1. The van der Waals surface area contributed by atoms with Crippen LogP contribution < -0.4 is 0 Å². The topological polar surface area (TPSA) is 64.2 Å². The smallest absolute Gasteiger partial charge is 0.110 e. The van der Waals surface area contributed by atoms with E-state index in [-0.39, 0.29) is 0 Å². The maximum Gasteiger partial charge on any atom is 0.110 e. The van der Waals surface area contributed by atoms with Crippen molar-refractivity contribution in [3.8, 4) is 6.07 Å². The maximum absolute atomic E-state index is 9.62. The average Bonchev–Trinajstić information content (AvgIpc) is 2.65. The Hall–Kier alpha value is -0.600. The van der Waals surface area contributed by atoms with E-state index in [1.54, 1.807) is 11.4 Å². The largest absolute Gasteiger partial charge is 0.390 e. The summed E-state index contributed by atoms with van der Waals surface area (Å²) in [6, 6.07) is 3.55. The highest BCUT2D eigenvalue weighted by atomic mass is 35.5. The van der Waals surface area contributed by atoms with Crippen molar-refractivity contribution in [2.75, 3.05) is 5.88 Å². The Kier molecular flexibility index (Phi) is 4.36. The number of nitrogens with zero attached hydrogens (tertiary/aromatic N) is 1. The van der Waals surface area contributed by atoms with Crippen molar-refractivity contribution in [3.05, 3.63) is 21.9 Å². The summed E-state index contributed by atoms with van der Waals surface area (Å²) >= 11 is 6.69. The molecule has 0 radical (unpaired) electrons. The van der Waals surface area contributed by atoms with E-state index in [4.69, 9.17) is 16.9 Å². The molecule has 3 nitrogen and oxygen atoms in total. The van der Waals surface area contributed by atoms with Gasteiger partial charge < -0.3 is 10.2 Å². The molecule has 0 aliphatic heterocycles. The second kappa shape index (κ2) is 5.32. The summed E-state index contributed by atoms with van der Waals surface area (Å²) in [6.07, 6.45) is -1.48. The monoisotopic (exact) mass is 231 g/mol. The fraction of sp³-hybridized carbons (Fsp3) is 0.444. The summed E-state index contributed by atoms with van der Waals surface area (Å²) in [5, 5.41) is 29.3. The third-order valence-electron chi connectivity index (χ3n) is 1.84. The molecule has 0 fully saturated rings. The van der Waals surface area contributed by atoms with Gasteiger partial charge in [-0.15, -0.1) is 22.9 Å². The van der Waals surface area contributed by atoms with Crippen molar-refractivity contribution >= 4 is 22.9 Å². The Morgan fingerprint density at radius 3 is 2.79 bits per heavy atom. The minimum absolute atomic E-state index is 0.299. The van der Waals surface area contributed by atoms with Crippen molar-refractivity contribution in [1.82, 2.24) is 0 Å². The van der Waals surface area contributed by atoms with E-state index in [0.29, 0.717) is 22.7 Å². The minimum atomic E-state index is -0.952. The van der Waals surface area contributed by atoms with E-state index >= 15 is 0 Å². The second-order valence-corrected chi connectivity index (χ2v) is 4.14. The van der Waals surface area contributed by atoms with Gasteiger partial charge in [0.2, 0.25) is 0 Å². The minimum Gasteiger partial charge on any atom is -0.390 e. The first kappa shape index (κ1) is 11.5. The van der Waals surface area contributed by atoms with Crippen LogP contribution in [-0.2, 0) is 0 Å². The van der Waals surface area contributed by atoms with Crippen LogP contribution in [0.1, 0.15) is 23.0 Å². The van der Waals surface area contributed by atoms with Crippen molar-refractivity contribution in [2.24, 2.45) is 0 Å². The van der Waals surface area contributed by atoms with Crippen LogP contribution >= 0.6 is 22.9 Å². The van der Waals surface area contributed by atoms with Gasteiger partial charge in [0.05, 0.1) is 6.10 Å². The molecule has 1 heterocycles. The van der Waals surface area contributed by atoms with E-state index in [0.717, 1.165) is 0 Å². The number of hydrogen-bond acceptors (Lipinski definition) is 4. The van der Waals surface area contributed by atoms with Gasteiger partial charge in [-0.05, 0) is 23.4 Å². The molecule has 1 rings (SSSR count). The Morgan fingerprint density at radius 2 is 2.29 bits per heavy atom. The lowest BCUT2D eigenvalue weighted by molar-refractivity contribution is 0.0172. The van der Waals surface area contributed by atoms with Gasteiger partial charge in [-0.1, -0.05) is 0 Å². The highest BCUT2D eigenvalue weighted by molar-refractivity contribution is 7.10. The van der Waals surface area contributed by atoms with Gasteiger partial charge >= 0.3 is 0 Å². The molecule has 2 atom stereocenters. The van der Waals surface area contributed by atoms with Crippen LogP contribution in [0.15, 0.2) is 11.4 Å². The fourth-order valence-corrected chi connectivity index (χ4v) is 2.01. The highest BCUT2D eigenvalue weighted by Gasteiger charge is 2.18. The third-order valence-corrected chi connectivity index (χ3v) is 2.91. The van der Waals surface area contributed by atoms with Gasteiger partial charge in [-0.25, -0.2) is 0 Å². The van der Waals surface area contributed by atoms with Crippen molar-refractivity contribution in [3.63, 3.8) is 0 Å². The van der Waals surface area contributed by atoms with Crippen LogP contribution in [-0.4, -0.2) is 22.2 Å². The molecule has 0 bridgehead atoms. The quantitative estimate of drug-likeness (QED) is 0.775. The molecular weight excluding hydrogens is 222 g/mol. The zero-order valence-electron chi connectivity index (χ0n) is 7.35. The Balaban J connectivity index is 2.69. The molecule has 0 saturated heterocycles. The summed E-state index contributed by atoms with van der Waals surface area (Å²) in [4.78, 5) is 0.525. The molecule has 0 aromatic carbocycles. The van der Waals surface area contributed by atoms with E-state index in [2.05, 4.69) is 0 Å². The lowest BCUT2D eigenvalue weighted by Gasteiger charge is -2.15. The molecule has 1 aromatic heterocycles.